The maximum atomic E-state index is 9.37. The number of benzene rings is 1. The first kappa shape index (κ1) is 21.0. The predicted molar refractivity (Wildman–Crippen MR) is 110 cm³/mol. The molecule has 5 heteroatoms. The maximum Gasteiger partial charge on any atom is 0.232 e. The van der Waals surface area contributed by atoms with Gasteiger partial charge in [0, 0.05) is 12.0 Å². The highest BCUT2D eigenvalue weighted by Gasteiger charge is 2.25. The van der Waals surface area contributed by atoms with E-state index in [4.69, 9.17) is 4.42 Å². The highest BCUT2D eigenvalue weighted by atomic mass is 16.4. The van der Waals surface area contributed by atoms with Gasteiger partial charge in [-0.3, -0.25) is 0 Å². The molecule has 1 aromatic carbocycles. The Balaban J connectivity index is 2.21. The summed E-state index contributed by atoms with van der Waals surface area (Å²) in [4.78, 5) is 6.49. The van der Waals surface area contributed by atoms with Crippen molar-refractivity contribution < 1.29 is 4.42 Å². The SMILES string of the molecule is CN(C)[C@@H](CNc1oc(C(C)(C)C)nc1C#N)c1ccc(C(C)(C)C)cc1. The summed E-state index contributed by atoms with van der Waals surface area (Å²) >= 11 is 0. The first-order valence-electron chi connectivity index (χ1n) is 9.35. The number of likely N-dealkylation sites (N-methyl/N-ethyl adjacent to an activating group) is 1. The van der Waals surface area contributed by atoms with E-state index in [-0.39, 0.29) is 16.9 Å². The molecule has 146 valence electrons. The second-order valence-electron chi connectivity index (χ2n) is 9.29. The highest BCUT2D eigenvalue weighted by Crippen LogP contribution is 2.29. The van der Waals surface area contributed by atoms with Crippen molar-refractivity contribution >= 4 is 5.88 Å². The monoisotopic (exact) mass is 368 g/mol. The van der Waals surface area contributed by atoms with Crippen molar-refractivity contribution in [3.63, 3.8) is 0 Å². The molecular formula is C22H32N4O. The van der Waals surface area contributed by atoms with Crippen molar-refractivity contribution in [2.24, 2.45) is 0 Å². The number of nitrogens with zero attached hydrogens (tertiary/aromatic N) is 3. The quantitative estimate of drug-likeness (QED) is 0.817. The molecule has 0 fully saturated rings. The Kier molecular flexibility index (Phi) is 6.01. The lowest BCUT2D eigenvalue weighted by atomic mass is 9.86. The van der Waals surface area contributed by atoms with E-state index in [2.05, 4.69) is 80.4 Å². The second kappa shape index (κ2) is 7.74. The number of hydrogen-bond donors (Lipinski definition) is 1. The zero-order valence-corrected chi connectivity index (χ0v) is 17.8. The van der Waals surface area contributed by atoms with Gasteiger partial charge in [0.2, 0.25) is 17.5 Å². The van der Waals surface area contributed by atoms with E-state index in [0.717, 1.165) is 0 Å². The molecule has 0 bridgehead atoms. The minimum Gasteiger partial charge on any atom is -0.423 e. The van der Waals surface area contributed by atoms with Crippen LogP contribution in [0.1, 0.15) is 70.3 Å². The van der Waals surface area contributed by atoms with Crippen LogP contribution in [0, 0.1) is 11.3 Å². The van der Waals surface area contributed by atoms with Crippen molar-refractivity contribution in [1.29, 1.82) is 5.26 Å². The Labute approximate surface area is 163 Å². The molecule has 27 heavy (non-hydrogen) atoms. The van der Waals surface area contributed by atoms with Crippen LogP contribution in [0.5, 0.6) is 0 Å². The number of oxazole rings is 1. The van der Waals surface area contributed by atoms with Crippen LogP contribution in [0.4, 0.5) is 5.88 Å². The predicted octanol–water partition coefficient (Wildman–Crippen LogP) is 4.86. The fourth-order valence-electron chi connectivity index (χ4n) is 2.83. The molecule has 0 radical (unpaired) electrons. The maximum absolute atomic E-state index is 9.37. The van der Waals surface area contributed by atoms with Crippen LogP contribution >= 0.6 is 0 Å². The van der Waals surface area contributed by atoms with E-state index >= 15 is 0 Å². The molecule has 5 nitrogen and oxygen atoms in total. The minimum atomic E-state index is -0.241. The van der Waals surface area contributed by atoms with Crippen LogP contribution in [0.3, 0.4) is 0 Å². The van der Waals surface area contributed by atoms with Crippen LogP contribution < -0.4 is 5.32 Å². The molecule has 2 aromatic rings. The van der Waals surface area contributed by atoms with Gasteiger partial charge in [-0.25, -0.2) is 0 Å². The molecule has 0 spiro atoms. The number of hydrogen-bond acceptors (Lipinski definition) is 5. The molecular weight excluding hydrogens is 336 g/mol. The van der Waals surface area contributed by atoms with E-state index in [1.165, 1.54) is 11.1 Å². The zero-order valence-electron chi connectivity index (χ0n) is 17.8. The number of aromatic nitrogens is 1. The summed E-state index contributed by atoms with van der Waals surface area (Å²) in [5.41, 5.74) is 2.73. The van der Waals surface area contributed by atoms with Gasteiger partial charge < -0.3 is 14.6 Å². The Morgan fingerprint density at radius 2 is 1.67 bits per heavy atom. The first-order valence-corrected chi connectivity index (χ1v) is 9.35. The minimum absolute atomic E-state index is 0.134. The van der Waals surface area contributed by atoms with Crippen molar-refractivity contribution in [3.8, 4) is 6.07 Å². The molecule has 0 saturated heterocycles. The lowest BCUT2D eigenvalue weighted by Crippen LogP contribution is -2.27. The van der Waals surface area contributed by atoms with Crippen LogP contribution in [-0.4, -0.2) is 30.5 Å². The van der Waals surface area contributed by atoms with Crippen molar-refractivity contribution in [2.75, 3.05) is 26.0 Å². The van der Waals surface area contributed by atoms with Gasteiger partial charge in [0.25, 0.3) is 0 Å². The topological polar surface area (TPSA) is 65.1 Å². The molecule has 0 aliphatic carbocycles. The lowest BCUT2D eigenvalue weighted by Gasteiger charge is -2.26. The highest BCUT2D eigenvalue weighted by molar-refractivity contribution is 5.46. The van der Waals surface area contributed by atoms with E-state index in [1.807, 2.05) is 20.8 Å². The molecule has 0 aliphatic rings. The molecule has 0 unspecified atom stereocenters. The molecule has 0 aliphatic heterocycles. The summed E-state index contributed by atoms with van der Waals surface area (Å²) in [6.45, 7) is 13.3. The van der Waals surface area contributed by atoms with E-state index in [9.17, 15) is 5.26 Å². The molecule has 1 aromatic heterocycles. The van der Waals surface area contributed by atoms with Crippen molar-refractivity contribution in [1.82, 2.24) is 9.88 Å². The Morgan fingerprint density at radius 3 is 2.11 bits per heavy atom. The lowest BCUT2D eigenvalue weighted by molar-refractivity contribution is 0.309. The molecule has 0 amide bonds. The third kappa shape index (κ3) is 5.11. The van der Waals surface area contributed by atoms with Crippen molar-refractivity contribution in [3.05, 3.63) is 47.0 Å². The Morgan fingerprint density at radius 1 is 1.07 bits per heavy atom. The standard InChI is InChI=1S/C22H32N4O/c1-21(2,3)16-11-9-15(10-12-16)18(26(7)8)14-24-19-17(13-23)25-20(27-19)22(4,5)6/h9-12,18,24H,14H2,1-8H3/t18-/m0/s1. The van der Waals surface area contributed by atoms with Gasteiger partial charge in [0.1, 0.15) is 6.07 Å². The summed E-state index contributed by atoms with van der Waals surface area (Å²) in [6, 6.07) is 11.0. The normalized spacial score (nSPS) is 13.5. The summed E-state index contributed by atoms with van der Waals surface area (Å²) < 4.78 is 5.84. The molecule has 0 saturated carbocycles. The molecule has 1 atom stereocenters. The van der Waals surface area contributed by atoms with E-state index in [1.54, 1.807) is 0 Å². The fraction of sp³-hybridized carbons (Fsp3) is 0.545. The third-order valence-corrected chi connectivity index (χ3v) is 4.62. The third-order valence-electron chi connectivity index (χ3n) is 4.62. The van der Waals surface area contributed by atoms with Crippen molar-refractivity contribution in [2.45, 2.75) is 58.4 Å². The number of rotatable bonds is 5. The van der Waals surface area contributed by atoms with Gasteiger partial charge in [-0.05, 0) is 30.6 Å². The summed E-state index contributed by atoms with van der Waals surface area (Å²) in [6.07, 6.45) is 0. The Hall–Kier alpha value is -2.32. The van der Waals surface area contributed by atoms with Crippen LogP contribution in [0.25, 0.3) is 0 Å². The van der Waals surface area contributed by atoms with Gasteiger partial charge in [-0.2, -0.15) is 10.2 Å². The first-order chi connectivity index (χ1) is 12.4. The van der Waals surface area contributed by atoms with E-state index in [0.29, 0.717) is 24.0 Å². The van der Waals surface area contributed by atoms with Gasteiger partial charge in [-0.15, -0.1) is 0 Å². The molecule has 1 N–H and O–H groups in total. The fourth-order valence-corrected chi connectivity index (χ4v) is 2.83. The van der Waals surface area contributed by atoms with Gasteiger partial charge in [-0.1, -0.05) is 65.8 Å². The summed E-state index contributed by atoms with van der Waals surface area (Å²) in [5, 5.41) is 12.7. The van der Waals surface area contributed by atoms with Gasteiger partial charge in [0.15, 0.2) is 0 Å². The number of nitriles is 1. The average molecular weight is 369 g/mol. The Bertz CT molecular complexity index is 799. The zero-order chi connectivity index (χ0) is 20.4. The molecule has 2 rings (SSSR count). The van der Waals surface area contributed by atoms with Crippen LogP contribution in [-0.2, 0) is 10.8 Å². The second-order valence-corrected chi connectivity index (χ2v) is 9.29. The smallest absolute Gasteiger partial charge is 0.232 e. The average Bonchev–Trinajstić information content (AvgIpc) is 2.98. The van der Waals surface area contributed by atoms with Gasteiger partial charge >= 0.3 is 0 Å². The summed E-state index contributed by atoms with van der Waals surface area (Å²) in [5.74, 6) is 1.01. The van der Waals surface area contributed by atoms with E-state index < -0.39 is 0 Å². The van der Waals surface area contributed by atoms with Crippen LogP contribution in [0.2, 0.25) is 0 Å². The summed E-state index contributed by atoms with van der Waals surface area (Å²) in [7, 11) is 4.10. The van der Waals surface area contributed by atoms with Crippen LogP contribution in [0.15, 0.2) is 28.7 Å². The van der Waals surface area contributed by atoms with Gasteiger partial charge in [0.05, 0.1) is 6.04 Å². The number of nitrogens with one attached hydrogen (secondary N) is 1. The molecule has 1 heterocycles. The number of anilines is 1. The largest absolute Gasteiger partial charge is 0.423 e.